The van der Waals surface area contributed by atoms with E-state index in [0.29, 0.717) is 34.5 Å². The Morgan fingerprint density at radius 3 is 2.69 bits per heavy atom. The number of nitrogens with one attached hydrogen (secondary N) is 1. The molecule has 1 fully saturated rings. The lowest BCUT2D eigenvalue weighted by Crippen LogP contribution is -2.21. The third kappa shape index (κ3) is 4.04. The van der Waals surface area contributed by atoms with Crippen molar-refractivity contribution in [1.82, 2.24) is 24.7 Å². The van der Waals surface area contributed by atoms with Gasteiger partial charge in [-0.1, -0.05) is 0 Å². The lowest BCUT2D eigenvalue weighted by molar-refractivity contribution is 0.397. The minimum absolute atomic E-state index is 0.00497. The molecule has 2 aliphatic rings. The third-order valence-electron chi connectivity index (χ3n) is 6.84. The van der Waals surface area contributed by atoms with Crippen LogP contribution in [0, 0.1) is 5.82 Å². The van der Waals surface area contributed by atoms with E-state index in [2.05, 4.69) is 26.3 Å². The number of hydrogen-bond donors (Lipinski definition) is 1. The van der Waals surface area contributed by atoms with Crippen LogP contribution >= 0.6 is 0 Å². The second-order valence-corrected chi connectivity index (χ2v) is 9.18. The molecular formula is C27H27FN6O2. The Morgan fingerprint density at radius 2 is 1.92 bits per heavy atom. The van der Waals surface area contributed by atoms with Gasteiger partial charge in [0.15, 0.2) is 0 Å². The smallest absolute Gasteiger partial charge is 0.226 e. The largest absolute Gasteiger partial charge is 0.494 e. The van der Waals surface area contributed by atoms with Crippen molar-refractivity contribution in [2.75, 3.05) is 19.5 Å². The molecule has 1 aliphatic heterocycles. The quantitative estimate of drug-likeness (QED) is 0.375. The molecule has 0 unspecified atom stereocenters. The fraction of sp³-hybridized carbons (Fsp3) is 0.333. The third-order valence-corrected chi connectivity index (χ3v) is 6.84. The summed E-state index contributed by atoms with van der Waals surface area (Å²) in [6.07, 6.45) is 7.32. The maximum Gasteiger partial charge on any atom is 0.226 e. The van der Waals surface area contributed by atoms with Gasteiger partial charge in [0.2, 0.25) is 5.88 Å². The number of nitrogens with zero attached hydrogens (tertiary/aromatic N) is 5. The zero-order chi connectivity index (χ0) is 24.6. The summed E-state index contributed by atoms with van der Waals surface area (Å²) in [5.74, 6) is 1.16. The lowest BCUT2D eigenvalue weighted by atomic mass is 10.0. The molecule has 0 spiro atoms. The van der Waals surface area contributed by atoms with Crippen LogP contribution in [0.3, 0.4) is 0 Å². The van der Waals surface area contributed by atoms with Gasteiger partial charge < -0.3 is 14.8 Å². The predicted molar refractivity (Wildman–Crippen MR) is 134 cm³/mol. The molecule has 1 atom stereocenters. The van der Waals surface area contributed by atoms with Crippen LogP contribution < -0.4 is 14.8 Å². The molecule has 1 aliphatic carbocycles. The molecule has 0 radical (unpaired) electrons. The highest BCUT2D eigenvalue weighted by Gasteiger charge is 2.32. The van der Waals surface area contributed by atoms with Crippen molar-refractivity contribution in [3.63, 3.8) is 0 Å². The van der Waals surface area contributed by atoms with Crippen molar-refractivity contribution < 1.29 is 13.9 Å². The molecule has 36 heavy (non-hydrogen) atoms. The van der Waals surface area contributed by atoms with Crippen LogP contribution in [-0.4, -0.2) is 39.0 Å². The number of rotatable bonds is 7. The SMILES string of the molecule is COc1cccnc1-c1ccc(N[C@@H]2CCCn3nc(-c4c(OC)ncnc4C4CC4)cc32)cc1F. The van der Waals surface area contributed by atoms with Crippen LogP contribution in [0.2, 0.25) is 0 Å². The number of aromatic nitrogens is 5. The fourth-order valence-corrected chi connectivity index (χ4v) is 4.95. The minimum Gasteiger partial charge on any atom is -0.494 e. The van der Waals surface area contributed by atoms with E-state index in [-0.39, 0.29) is 11.9 Å². The fourth-order valence-electron chi connectivity index (χ4n) is 4.95. The summed E-state index contributed by atoms with van der Waals surface area (Å²) in [6.45, 7) is 0.828. The molecule has 4 aromatic rings. The Morgan fingerprint density at radius 1 is 1.03 bits per heavy atom. The van der Waals surface area contributed by atoms with E-state index >= 15 is 4.39 Å². The summed E-state index contributed by atoms with van der Waals surface area (Å²) in [7, 11) is 3.18. The van der Waals surface area contributed by atoms with Gasteiger partial charge >= 0.3 is 0 Å². The minimum atomic E-state index is -0.359. The zero-order valence-electron chi connectivity index (χ0n) is 20.2. The van der Waals surface area contributed by atoms with E-state index in [1.54, 1.807) is 44.9 Å². The molecule has 0 saturated heterocycles. The lowest BCUT2D eigenvalue weighted by Gasteiger charge is -2.25. The molecule has 0 amide bonds. The maximum atomic E-state index is 15.2. The Hall–Kier alpha value is -4.01. The van der Waals surface area contributed by atoms with Gasteiger partial charge in [0.1, 0.15) is 23.6 Å². The number of ether oxygens (including phenoxy) is 2. The topological polar surface area (TPSA) is 87.0 Å². The second-order valence-electron chi connectivity index (χ2n) is 9.18. The van der Waals surface area contributed by atoms with E-state index in [1.165, 1.54) is 6.07 Å². The van der Waals surface area contributed by atoms with Gasteiger partial charge in [-0.3, -0.25) is 9.67 Å². The number of pyridine rings is 1. The van der Waals surface area contributed by atoms with Gasteiger partial charge in [-0.25, -0.2) is 14.4 Å². The molecule has 3 aromatic heterocycles. The molecule has 184 valence electrons. The first-order chi connectivity index (χ1) is 17.7. The molecule has 1 N–H and O–H groups in total. The summed E-state index contributed by atoms with van der Waals surface area (Å²) in [4.78, 5) is 13.2. The van der Waals surface area contributed by atoms with Crippen molar-refractivity contribution in [3.8, 4) is 34.1 Å². The van der Waals surface area contributed by atoms with Crippen LogP contribution in [0.5, 0.6) is 11.6 Å². The molecule has 9 heteroatoms. The van der Waals surface area contributed by atoms with Crippen LogP contribution in [0.1, 0.15) is 49.0 Å². The molecular weight excluding hydrogens is 459 g/mol. The zero-order valence-corrected chi connectivity index (χ0v) is 20.2. The number of fused-ring (bicyclic) bond motifs is 1. The number of aryl methyl sites for hydroxylation is 1. The second kappa shape index (κ2) is 9.22. The maximum absolute atomic E-state index is 15.2. The first-order valence-electron chi connectivity index (χ1n) is 12.2. The first kappa shape index (κ1) is 22.5. The molecule has 1 saturated carbocycles. The van der Waals surface area contributed by atoms with Crippen LogP contribution in [-0.2, 0) is 6.54 Å². The Bertz CT molecular complexity index is 1420. The van der Waals surface area contributed by atoms with Crippen molar-refractivity contribution in [3.05, 3.63) is 66.1 Å². The standard InChI is InChI=1S/C27H27FN6O2/c1-35-23-6-3-11-29-26(23)18-10-9-17(13-19(18)28)32-20-5-4-12-34-22(20)14-21(33-34)24-25(16-7-8-16)30-15-31-27(24)36-2/h3,6,9-11,13-16,20,32H,4-5,7-8,12H2,1-2H3/t20-/m1/s1. The van der Waals surface area contributed by atoms with Crippen molar-refractivity contribution in [1.29, 1.82) is 0 Å². The number of hydrogen-bond acceptors (Lipinski definition) is 7. The van der Waals surface area contributed by atoms with Crippen molar-refractivity contribution >= 4 is 5.69 Å². The average molecular weight is 487 g/mol. The summed E-state index contributed by atoms with van der Waals surface area (Å²) in [6, 6.07) is 10.8. The summed E-state index contributed by atoms with van der Waals surface area (Å²) >= 11 is 0. The number of benzene rings is 1. The molecule has 8 nitrogen and oxygen atoms in total. The van der Waals surface area contributed by atoms with Crippen LogP contribution in [0.25, 0.3) is 22.5 Å². The van der Waals surface area contributed by atoms with E-state index in [1.807, 2.05) is 10.7 Å². The van der Waals surface area contributed by atoms with E-state index in [9.17, 15) is 0 Å². The predicted octanol–water partition coefficient (Wildman–Crippen LogP) is 5.38. The summed E-state index contributed by atoms with van der Waals surface area (Å²) in [5.41, 5.74) is 5.34. The average Bonchev–Trinajstić information content (AvgIpc) is 3.66. The summed E-state index contributed by atoms with van der Waals surface area (Å²) in [5, 5.41) is 8.42. The van der Waals surface area contributed by atoms with Crippen LogP contribution in [0.15, 0.2) is 48.9 Å². The van der Waals surface area contributed by atoms with Gasteiger partial charge in [-0.2, -0.15) is 5.10 Å². The number of anilines is 1. The Kier molecular flexibility index (Phi) is 5.75. The molecule has 6 rings (SSSR count). The van der Waals surface area contributed by atoms with Crippen LogP contribution in [0.4, 0.5) is 10.1 Å². The van der Waals surface area contributed by atoms with Crippen molar-refractivity contribution in [2.24, 2.45) is 0 Å². The Balaban J connectivity index is 1.30. The van der Waals surface area contributed by atoms with Crippen molar-refractivity contribution in [2.45, 2.75) is 44.2 Å². The summed E-state index contributed by atoms with van der Waals surface area (Å²) < 4.78 is 28.1. The van der Waals surface area contributed by atoms with Gasteiger partial charge in [0.05, 0.1) is 42.9 Å². The van der Waals surface area contributed by atoms with E-state index < -0.39 is 0 Å². The highest BCUT2D eigenvalue weighted by Crippen LogP contribution is 2.46. The highest BCUT2D eigenvalue weighted by atomic mass is 19.1. The number of halogens is 1. The van der Waals surface area contributed by atoms with Gasteiger partial charge in [-0.15, -0.1) is 0 Å². The Labute approximate surface area is 208 Å². The normalized spacial score (nSPS) is 16.9. The first-order valence-corrected chi connectivity index (χ1v) is 12.2. The molecule has 0 bridgehead atoms. The van der Waals surface area contributed by atoms with Gasteiger partial charge in [-0.05, 0) is 62.1 Å². The number of methoxy groups -OCH3 is 2. The monoisotopic (exact) mass is 486 g/mol. The molecule has 1 aromatic carbocycles. The van der Waals surface area contributed by atoms with Gasteiger partial charge in [0.25, 0.3) is 0 Å². The van der Waals surface area contributed by atoms with E-state index in [4.69, 9.17) is 14.6 Å². The molecule has 4 heterocycles. The van der Waals surface area contributed by atoms with E-state index in [0.717, 1.165) is 54.9 Å². The highest BCUT2D eigenvalue weighted by molar-refractivity contribution is 5.70. The van der Waals surface area contributed by atoms with Gasteiger partial charge in [0, 0.05) is 29.9 Å².